The number of nitrogens with one attached hydrogen (secondary N) is 1. The molecule has 0 saturated carbocycles. The predicted molar refractivity (Wildman–Crippen MR) is 94.1 cm³/mol. The van der Waals surface area contributed by atoms with Gasteiger partial charge in [-0.3, -0.25) is 4.79 Å². The van der Waals surface area contributed by atoms with E-state index >= 15 is 0 Å². The lowest BCUT2D eigenvalue weighted by atomic mass is 9.78. The van der Waals surface area contributed by atoms with Crippen LogP contribution in [-0.4, -0.2) is 5.78 Å². The fourth-order valence-electron chi connectivity index (χ4n) is 3.57. The molecule has 1 saturated heterocycles. The molecule has 1 aliphatic rings. The van der Waals surface area contributed by atoms with Gasteiger partial charge in [0.2, 0.25) is 0 Å². The van der Waals surface area contributed by atoms with Crippen LogP contribution in [0.15, 0.2) is 60.7 Å². The third kappa shape index (κ3) is 3.70. The summed E-state index contributed by atoms with van der Waals surface area (Å²) in [7, 11) is 0. The van der Waals surface area contributed by atoms with Crippen LogP contribution in [0.2, 0.25) is 0 Å². The molecule has 3 atom stereocenters. The highest BCUT2D eigenvalue weighted by Gasteiger charge is 2.36. The SMILES string of the molecule is CCCCC1C(=O)CC(c2ccccc2)NC1c1ccccc1. The van der Waals surface area contributed by atoms with Crippen LogP contribution in [0.25, 0.3) is 0 Å². The van der Waals surface area contributed by atoms with E-state index in [4.69, 9.17) is 0 Å². The van der Waals surface area contributed by atoms with E-state index in [1.807, 2.05) is 24.3 Å². The van der Waals surface area contributed by atoms with Crippen LogP contribution in [0.4, 0.5) is 0 Å². The van der Waals surface area contributed by atoms with Gasteiger partial charge in [0.1, 0.15) is 5.78 Å². The predicted octanol–water partition coefficient (Wildman–Crippen LogP) is 4.84. The van der Waals surface area contributed by atoms with Crippen molar-refractivity contribution in [2.75, 3.05) is 0 Å². The number of hydrogen-bond acceptors (Lipinski definition) is 2. The lowest BCUT2D eigenvalue weighted by Gasteiger charge is -2.37. The number of benzene rings is 2. The third-order valence-electron chi connectivity index (χ3n) is 4.83. The third-order valence-corrected chi connectivity index (χ3v) is 4.83. The number of piperidine rings is 1. The second kappa shape index (κ2) is 7.56. The van der Waals surface area contributed by atoms with Crippen molar-refractivity contribution in [3.05, 3.63) is 71.8 Å². The molecule has 23 heavy (non-hydrogen) atoms. The van der Waals surface area contributed by atoms with E-state index in [0.717, 1.165) is 19.3 Å². The van der Waals surface area contributed by atoms with Gasteiger partial charge in [0.15, 0.2) is 0 Å². The van der Waals surface area contributed by atoms with E-state index in [-0.39, 0.29) is 18.0 Å². The molecule has 1 fully saturated rings. The van der Waals surface area contributed by atoms with Crippen LogP contribution in [-0.2, 0) is 4.79 Å². The number of unbranched alkanes of at least 4 members (excludes halogenated alkanes) is 1. The highest BCUT2D eigenvalue weighted by molar-refractivity contribution is 5.83. The van der Waals surface area contributed by atoms with Gasteiger partial charge in [-0.2, -0.15) is 0 Å². The zero-order valence-corrected chi connectivity index (χ0v) is 13.7. The van der Waals surface area contributed by atoms with Crippen molar-refractivity contribution in [1.29, 1.82) is 0 Å². The van der Waals surface area contributed by atoms with Crippen molar-refractivity contribution >= 4 is 5.78 Å². The Morgan fingerprint density at radius 2 is 1.57 bits per heavy atom. The fourth-order valence-corrected chi connectivity index (χ4v) is 3.57. The van der Waals surface area contributed by atoms with E-state index < -0.39 is 0 Å². The summed E-state index contributed by atoms with van der Waals surface area (Å²) in [6.45, 7) is 2.19. The largest absolute Gasteiger partial charge is 0.302 e. The molecule has 0 aromatic heterocycles. The normalized spacial score (nSPS) is 24.6. The van der Waals surface area contributed by atoms with E-state index in [1.54, 1.807) is 0 Å². The first-order valence-corrected chi connectivity index (χ1v) is 8.68. The summed E-state index contributed by atoms with van der Waals surface area (Å²) in [5.74, 6) is 0.497. The summed E-state index contributed by atoms with van der Waals surface area (Å²) in [6.07, 6.45) is 3.82. The summed E-state index contributed by atoms with van der Waals surface area (Å²) < 4.78 is 0. The van der Waals surface area contributed by atoms with Crippen LogP contribution < -0.4 is 5.32 Å². The molecule has 1 aliphatic heterocycles. The molecule has 0 bridgehead atoms. The molecule has 2 aromatic carbocycles. The Bertz CT molecular complexity index is 623. The second-order valence-corrected chi connectivity index (χ2v) is 6.44. The zero-order chi connectivity index (χ0) is 16.1. The van der Waals surface area contributed by atoms with Gasteiger partial charge in [-0.1, -0.05) is 80.4 Å². The van der Waals surface area contributed by atoms with Crippen molar-refractivity contribution in [3.63, 3.8) is 0 Å². The fraction of sp³-hybridized carbons (Fsp3) is 0.381. The second-order valence-electron chi connectivity index (χ2n) is 6.44. The highest BCUT2D eigenvalue weighted by Crippen LogP contribution is 2.37. The van der Waals surface area contributed by atoms with Crippen molar-refractivity contribution in [1.82, 2.24) is 5.32 Å². The summed E-state index contributed by atoms with van der Waals surface area (Å²) in [5.41, 5.74) is 2.43. The van der Waals surface area contributed by atoms with Gasteiger partial charge in [0.25, 0.3) is 0 Å². The van der Waals surface area contributed by atoms with Crippen molar-refractivity contribution in [2.45, 2.75) is 44.7 Å². The number of Topliss-reactive ketones (excluding diaryl/α,β-unsaturated/α-hetero) is 1. The topological polar surface area (TPSA) is 29.1 Å². The Labute approximate surface area is 138 Å². The molecular weight excluding hydrogens is 282 g/mol. The van der Waals surface area contributed by atoms with Gasteiger partial charge < -0.3 is 5.32 Å². The maximum Gasteiger partial charge on any atom is 0.139 e. The first-order valence-electron chi connectivity index (χ1n) is 8.68. The molecule has 0 amide bonds. The number of carbonyl (C=O) groups excluding carboxylic acids is 1. The Morgan fingerprint density at radius 1 is 0.957 bits per heavy atom. The number of hydrogen-bond donors (Lipinski definition) is 1. The minimum atomic E-state index is 0.0947. The van der Waals surface area contributed by atoms with Crippen molar-refractivity contribution < 1.29 is 4.79 Å². The molecule has 1 heterocycles. The lowest BCUT2D eigenvalue weighted by Crippen LogP contribution is -2.42. The molecule has 3 unspecified atom stereocenters. The standard InChI is InChI=1S/C21H25NO/c1-2-3-14-18-20(23)15-19(16-10-6-4-7-11-16)22-21(18)17-12-8-5-9-13-17/h4-13,18-19,21-22H,2-3,14-15H2,1H3. The van der Waals surface area contributed by atoms with Crippen molar-refractivity contribution in [2.24, 2.45) is 5.92 Å². The molecule has 3 rings (SSSR count). The first-order chi connectivity index (χ1) is 11.3. The van der Waals surface area contributed by atoms with Gasteiger partial charge in [0, 0.05) is 24.4 Å². The van der Waals surface area contributed by atoms with Gasteiger partial charge in [-0.25, -0.2) is 0 Å². The zero-order valence-electron chi connectivity index (χ0n) is 13.7. The van der Waals surface area contributed by atoms with Crippen LogP contribution >= 0.6 is 0 Å². The molecular formula is C21H25NO. The van der Waals surface area contributed by atoms with Crippen LogP contribution in [0.3, 0.4) is 0 Å². The summed E-state index contributed by atoms with van der Waals surface area (Å²) in [4.78, 5) is 12.8. The monoisotopic (exact) mass is 307 g/mol. The van der Waals surface area contributed by atoms with Gasteiger partial charge in [-0.05, 0) is 17.5 Å². The van der Waals surface area contributed by atoms with Crippen LogP contribution in [0.5, 0.6) is 0 Å². The van der Waals surface area contributed by atoms with E-state index in [0.29, 0.717) is 12.2 Å². The number of rotatable bonds is 5. The van der Waals surface area contributed by atoms with Crippen molar-refractivity contribution in [3.8, 4) is 0 Å². The Balaban J connectivity index is 1.87. The Morgan fingerprint density at radius 3 is 2.17 bits per heavy atom. The minimum absolute atomic E-state index is 0.0947. The Hall–Kier alpha value is -1.93. The average Bonchev–Trinajstić information content (AvgIpc) is 2.61. The molecule has 2 nitrogen and oxygen atoms in total. The summed E-state index contributed by atoms with van der Waals surface area (Å²) in [6, 6.07) is 21.0. The Kier molecular flexibility index (Phi) is 5.24. The van der Waals surface area contributed by atoms with Crippen LogP contribution in [0, 0.1) is 5.92 Å². The van der Waals surface area contributed by atoms with E-state index in [9.17, 15) is 4.79 Å². The molecule has 0 spiro atoms. The number of carbonyl (C=O) groups is 1. The minimum Gasteiger partial charge on any atom is -0.302 e. The van der Waals surface area contributed by atoms with Crippen LogP contribution in [0.1, 0.15) is 55.8 Å². The molecule has 0 radical (unpaired) electrons. The van der Waals surface area contributed by atoms with Gasteiger partial charge >= 0.3 is 0 Å². The molecule has 0 aliphatic carbocycles. The van der Waals surface area contributed by atoms with E-state index in [2.05, 4.69) is 48.6 Å². The number of ketones is 1. The molecule has 2 aromatic rings. The maximum absolute atomic E-state index is 12.8. The summed E-state index contributed by atoms with van der Waals surface area (Å²) >= 11 is 0. The summed E-state index contributed by atoms with van der Waals surface area (Å²) in [5, 5.41) is 3.75. The quantitative estimate of drug-likeness (QED) is 0.856. The smallest absolute Gasteiger partial charge is 0.139 e. The molecule has 120 valence electrons. The molecule has 2 heteroatoms. The van der Waals surface area contributed by atoms with E-state index in [1.165, 1.54) is 11.1 Å². The highest BCUT2D eigenvalue weighted by atomic mass is 16.1. The van der Waals surface area contributed by atoms with Gasteiger partial charge in [0.05, 0.1) is 0 Å². The molecule has 1 N–H and O–H groups in total. The average molecular weight is 307 g/mol. The first kappa shape index (κ1) is 15.9. The lowest BCUT2D eigenvalue weighted by molar-refractivity contribution is -0.127. The van der Waals surface area contributed by atoms with Gasteiger partial charge in [-0.15, -0.1) is 0 Å². The maximum atomic E-state index is 12.8.